The third kappa shape index (κ3) is 2.36. The minimum atomic E-state index is -0.406. The highest BCUT2D eigenvalue weighted by molar-refractivity contribution is 6.07. The van der Waals surface area contributed by atoms with Crippen molar-refractivity contribution in [2.75, 3.05) is 11.4 Å². The molecule has 2 aromatic rings. The highest BCUT2D eigenvalue weighted by Crippen LogP contribution is 2.22. The monoisotopic (exact) mass is 261 g/mol. The maximum Gasteiger partial charge on any atom is 0.262 e. The van der Waals surface area contributed by atoms with E-state index in [9.17, 15) is 9.18 Å². The average molecular weight is 261 g/mol. The Morgan fingerprint density at radius 1 is 1.37 bits per heavy atom. The number of hydrogen-bond donors (Lipinski definition) is 1. The molecule has 0 aliphatic rings. The first-order chi connectivity index (χ1) is 9.06. The van der Waals surface area contributed by atoms with Gasteiger partial charge in [0.15, 0.2) is 0 Å². The lowest BCUT2D eigenvalue weighted by atomic mass is 10.1. The van der Waals surface area contributed by atoms with Gasteiger partial charge in [0.25, 0.3) is 5.91 Å². The summed E-state index contributed by atoms with van der Waals surface area (Å²) in [5.41, 5.74) is 2.11. The van der Waals surface area contributed by atoms with Crippen LogP contribution in [0.1, 0.15) is 28.7 Å². The van der Waals surface area contributed by atoms with Gasteiger partial charge in [-0.25, -0.2) is 4.39 Å². The second kappa shape index (κ2) is 5.22. The number of nitrogens with zero attached hydrogens (tertiary/aromatic N) is 2. The summed E-state index contributed by atoms with van der Waals surface area (Å²) in [7, 11) is 0. The number of para-hydroxylation sites is 1. The van der Waals surface area contributed by atoms with Gasteiger partial charge in [-0.15, -0.1) is 0 Å². The Bertz CT molecular complexity index is 587. The molecular weight excluding hydrogens is 245 g/mol. The lowest BCUT2D eigenvalue weighted by Gasteiger charge is -2.21. The molecule has 1 N–H and O–H groups in total. The zero-order chi connectivity index (χ0) is 14.0. The van der Waals surface area contributed by atoms with Crippen molar-refractivity contribution in [1.82, 2.24) is 10.2 Å². The van der Waals surface area contributed by atoms with Gasteiger partial charge in [0.2, 0.25) is 0 Å². The lowest BCUT2D eigenvalue weighted by molar-refractivity contribution is 0.0986. The molecule has 0 radical (unpaired) electrons. The van der Waals surface area contributed by atoms with Crippen molar-refractivity contribution in [3.8, 4) is 0 Å². The lowest BCUT2D eigenvalue weighted by Crippen LogP contribution is -2.32. The molecular formula is C14H16FN3O. The van der Waals surface area contributed by atoms with E-state index in [1.807, 2.05) is 6.92 Å². The van der Waals surface area contributed by atoms with Crippen molar-refractivity contribution in [2.24, 2.45) is 0 Å². The van der Waals surface area contributed by atoms with Crippen molar-refractivity contribution in [3.05, 3.63) is 47.0 Å². The number of amides is 1. The van der Waals surface area contributed by atoms with Gasteiger partial charge in [-0.2, -0.15) is 5.10 Å². The quantitative estimate of drug-likeness (QED) is 0.923. The largest absolute Gasteiger partial charge is 0.306 e. The normalized spacial score (nSPS) is 10.5. The minimum Gasteiger partial charge on any atom is -0.306 e. The highest BCUT2D eigenvalue weighted by Gasteiger charge is 2.23. The number of aromatic amines is 1. The Kier molecular flexibility index (Phi) is 3.64. The van der Waals surface area contributed by atoms with E-state index in [0.29, 0.717) is 23.5 Å². The first kappa shape index (κ1) is 13.3. The van der Waals surface area contributed by atoms with Crippen molar-refractivity contribution in [3.63, 3.8) is 0 Å². The predicted octanol–water partition coefficient (Wildman–Crippen LogP) is 2.83. The molecule has 0 fully saturated rings. The van der Waals surface area contributed by atoms with E-state index in [1.54, 1.807) is 32.0 Å². The number of aromatic nitrogens is 2. The van der Waals surface area contributed by atoms with Crippen molar-refractivity contribution < 1.29 is 9.18 Å². The summed E-state index contributed by atoms with van der Waals surface area (Å²) in [6.45, 7) is 5.74. The second-order valence-corrected chi connectivity index (χ2v) is 4.31. The van der Waals surface area contributed by atoms with E-state index < -0.39 is 5.82 Å². The molecule has 1 aromatic heterocycles. The third-order valence-corrected chi connectivity index (χ3v) is 3.05. The van der Waals surface area contributed by atoms with Crippen LogP contribution in [-0.4, -0.2) is 22.6 Å². The number of carbonyl (C=O) groups excluding carboxylic acids is 1. The van der Waals surface area contributed by atoms with Crippen LogP contribution in [0.25, 0.3) is 0 Å². The fourth-order valence-electron chi connectivity index (χ4n) is 2.09. The van der Waals surface area contributed by atoms with Crippen LogP contribution in [0.4, 0.5) is 10.1 Å². The molecule has 19 heavy (non-hydrogen) atoms. The first-order valence-corrected chi connectivity index (χ1v) is 6.14. The van der Waals surface area contributed by atoms with Gasteiger partial charge in [-0.3, -0.25) is 9.89 Å². The molecule has 5 heteroatoms. The molecule has 0 spiro atoms. The van der Waals surface area contributed by atoms with Crippen LogP contribution in [0.5, 0.6) is 0 Å². The highest BCUT2D eigenvalue weighted by atomic mass is 19.1. The van der Waals surface area contributed by atoms with Crippen LogP contribution < -0.4 is 4.90 Å². The summed E-state index contributed by atoms with van der Waals surface area (Å²) >= 11 is 0. The first-order valence-electron chi connectivity index (χ1n) is 6.14. The van der Waals surface area contributed by atoms with Crippen molar-refractivity contribution >= 4 is 11.6 Å². The number of carbonyl (C=O) groups is 1. The SMILES string of the molecule is CCN(C(=O)c1c(C)n[nH]c1C)c1ccccc1F. The summed E-state index contributed by atoms with van der Waals surface area (Å²) in [4.78, 5) is 13.9. The number of aryl methyl sites for hydroxylation is 2. The Morgan fingerprint density at radius 2 is 2.05 bits per heavy atom. The Labute approximate surface area is 111 Å². The number of halogens is 1. The second-order valence-electron chi connectivity index (χ2n) is 4.31. The summed E-state index contributed by atoms with van der Waals surface area (Å²) in [6, 6.07) is 6.26. The van der Waals surface area contributed by atoms with E-state index >= 15 is 0 Å². The fraction of sp³-hybridized carbons (Fsp3) is 0.286. The maximum absolute atomic E-state index is 13.8. The van der Waals surface area contributed by atoms with Crippen LogP contribution >= 0.6 is 0 Å². The zero-order valence-electron chi connectivity index (χ0n) is 11.2. The molecule has 1 aromatic carbocycles. The minimum absolute atomic E-state index is 0.239. The molecule has 1 heterocycles. The number of anilines is 1. The molecule has 0 aliphatic carbocycles. The zero-order valence-corrected chi connectivity index (χ0v) is 11.2. The van der Waals surface area contributed by atoms with Crippen LogP contribution in [0.15, 0.2) is 24.3 Å². The molecule has 100 valence electrons. The molecule has 0 atom stereocenters. The van der Waals surface area contributed by atoms with Gasteiger partial charge < -0.3 is 4.90 Å². The van der Waals surface area contributed by atoms with Gasteiger partial charge in [-0.1, -0.05) is 12.1 Å². The van der Waals surface area contributed by atoms with E-state index in [2.05, 4.69) is 10.2 Å². The standard InChI is InChI=1S/C14H16FN3O/c1-4-18(12-8-6-5-7-11(12)15)14(19)13-9(2)16-17-10(13)3/h5-8H,4H2,1-3H3,(H,16,17). The number of nitrogens with one attached hydrogen (secondary N) is 1. The fourth-order valence-corrected chi connectivity index (χ4v) is 2.09. The summed E-state index contributed by atoms with van der Waals surface area (Å²) in [6.07, 6.45) is 0. The smallest absolute Gasteiger partial charge is 0.262 e. The summed E-state index contributed by atoms with van der Waals surface area (Å²) < 4.78 is 13.8. The molecule has 0 saturated carbocycles. The summed E-state index contributed by atoms with van der Waals surface area (Å²) in [5, 5.41) is 6.78. The summed E-state index contributed by atoms with van der Waals surface area (Å²) in [5.74, 6) is -0.646. The molecule has 2 rings (SSSR count). The van der Waals surface area contributed by atoms with Gasteiger partial charge in [-0.05, 0) is 32.9 Å². The number of rotatable bonds is 3. The van der Waals surface area contributed by atoms with Gasteiger partial charge in [0.05, 0.1) is 16.9 Å². The van der Waals surface area contributed by atoms with E-state index in [-0.39, 0.29) is 11.6 Å². The Morgan fingerprint density at radius 3 is 2.58 bits per heavy atom. The van der Waals surface area contributed by atoms with Gasteiger partial charge >= 0.3 is 0 Å². The Hall–Kier alpha value is -2.17. The molecule has 0 bridgehead atoms. The molecule has 0 unspecified atom stereocenters. The molecule has 0 saturated heterocycles. The predicted molar refractivity (Wildman–Crippen MR) is 71.8 cm³/mol. The maximum atomic E-state index is 13.8. The molecule has 1 amide bonds. The van der Waals surface area contributed by atoms with Crippen LogP contribution in [0, 0.1) is 19.7 Å². The average Bonchev–Trinajstić information content (AvgIpc) is 2.72. The molecule has 4 nitrogen and oxygen atoms in total. The third-order valence-electron chi connectivity index (χ3n) is 3.05. The van der Waals surface area contributed by atoms with Crippen LogP contribution in [0.3, 0.4) is 0 Å². The van der Waals surface area contributed by atoms with E-state index in [4.69, 9.17) is 0 Å². The number of hydrogen-bond acceptors (Lipinski definition) is 2. The number of benzene rings is 1. The Balaban J connectivity index is 2.44. The van der Waals surface area contributed by atoms with E-state index in [0.717, 1.165) is 0 Å². The van der Waals surface area contributed by atoms with Crippen molar-refractivity contribution in [2.45, 2.75) is 20.8 Å². The van der Waals surface area contributed by atoms with Gasteiger partial charge in [0.1, 0.15) is 5.82 Å². The topological polar surface area (TPSA) is 49.0 Å². The van der Waals surface area contributed by atoms with Crippen LogP contribution in [0.2, 0.25) is 0 Å². The van der Waals surface area contributed by atoms with Crippen LogP contribution in [-0.2, 0) is 0 Å². The number of H-pyrrole nitrogens is 1. The molecule has 0 aliphatic heterocycles. The van der Waals surface area contributed by atoms with Crippen molar-refractivity contribution in [1.29, 1.82) is 0 Å². The van der Waals surface area contributed by atoms with E-state index in [1.165, 1.54) is 11.0 Å². The van der Waals surface area contributed by atoms with Gasteiger partial charge in [0, 0.05) is 12.2 Å².